The largest absolute Gasteiger partial charge is 0.377 e. The van der Waals surface area contributed by atoms with Gasteiger partial charge in [-0.05, 0) is 76.4 Å². The van der Waals surface area contributed by atoms with Crippen molar-refractivity contribution in [2.24, 2.45) is 0 Å². The molecule has 6 nitrogen and oxygen atoms in total. The molecule has 3 amide bonds. The van der Waals surface area contributed by atoms with Crippen LogP contribution in [0, 0.1) is 6.92 Å². The molecule has 0 saturated heterocycles. The molecular weight excluding hydrogens is 388 g/mol. The summed E-state index contributed by atoms with van der Waals surface area (Å²) in [6.07, 6.45) is 2.06. The van der Waals surface area contributed by atoms with Gasteiger partial charge in [-0.1, -0.05) is 17.7 Å². The fraction of sp³-hybridized carbons (Fsp3) is 0.440. The van der Waals surface area contributed by atoms with E-state index >= 15 is 0 Å². The summed E-state index contributed by atoms with van der Waals surface area (Å²) in [6, 6.07) is 13.6. The van der Waals surface area contributed by atoms with Crippen LogP contribution < -0.4 is 15.5 Å². The van der Waals surface area contributed by atoms with E-state index in [4.69, 9.17) is 0 Å². The van der Waals surface area contributed by atoms with Crippen molar-refractivity contribution in [2.75, 3.05) is 24.3 Å². The molecule has 1 aliphatic carbocycles. The van der Waals surface area contributed by atoms with Gasteiger partial charge in [-0.2, -0.15) is 0 Å². The minimum absolute atomic E-state index is 0.0553. The van der Waals surface area contributed by atoms with E-state index in [0.717, 1.165) is 35.2 Å². The number of carbonyl (C=O) groups excluding carboxylic acids is 2. The van der Waals surface area contributed by atoms with E-state index < -0.39 is 0 Å². The first-order valence-electron chi connectivity index (χ1n) is 10.8. The van der Waals surface area contributed by atoms with Crippen LogP contribution >= 0.6 is 0 Å². The van der Waals surface area contributed by atoms with Crippen molar-refractivity contribution in [2.45, 2.75) is 58.7 Å². The molecule has 0 aliphatic heterocycles. The maximum Gasteiger partial charge on any atom is 0.319 e. The molecule has 3 rings (SSSR count). The Morgan fingerprint density at radius 3 is 2.35 bits per heavy atom. The number of urea groups is 1. The van der Waals surface area contributed by atoms with Gasteiger partial charge in [0.2, 0.25) is 0 Å². The molecule has 6 heteroatoms. The van der Waals surface area contributed by atoms with Gasteiger partial charge in [0, 0.05) is 49.2 Å². The summed E-state index contributed by atoms with van der Waals surface area (Å²) in [5.41, 5.74) is 4.22. The van der Waals surface area contributed by atoms with Gasteiger partial charge < -0.3 is 20.4 Å². The zero-order chi connectivity index (χ0) is 22.8. The molecule has 1 fully saturated rings. The van der Waals surface area contributed by atoms with E-state index in [0.29, 0.717) is 12.2 Å². The molecule has 2 aromatic carbocycles. The first kappa shape index (κ1) is 22.7. The molecule has 1 aliphatic rings. The zero-order valence-electron chi connectivity index (χ0n) is 19.5. The smallest absolute Gasteiger partial charge is 0.319 e. The number of carbonyl (C=O) groups is 2. The summed E-state index contributed by atoms with van der Waals surface area (Å²) in [5.74, 6) is 0.0553. The minimum Gasteiger partial charge on any atom is -0.377 e. The molecular formula is C25H34N4O2. The van der Waals surface area contributed by atoms with Gasteiger partial charge in [0.05, 0.1) is 0 Å². The maximum absolute atomic E-state index is 13.3. The lowest BCUT2D eigenvalue weighted by molar-refractivity contribution is 0.0730. The lowest BCUT2D eigenvalue weighted by atomic mass is 10.1. The minimum atomic E-state index is -0.320. The molecule has 166 valence electrons. The topological polar surface area (TPSA) is 64.7 Å². The number of amides is 3. The first-order valence-corrected chi connectivity index (χ1v) is 10.8. The molecule has 2 N–H and O–H groups in total. The molecule has 2 aromatic rings. The van der Waals surface area contributed by atoms with Crippen LogP contribution in [0.5, 0.6) is 0 Å². The Kier molecular flexibility index (Phi) is 6.58. The van der Waals surface area contributed by atoms with E-state index in [1.165, 1.54) is 0 Å². The van der Waals surface area contributed by atoms with Crippen LogP contribution in [0.3, 0.4) is 0 Å². The molecule has 0 spiro atoms. The second-order valence-electron chi connectivity index (χ2n) is 9.60. The van der Waals surface area contributed by atoms with Gasteiger partial charge in [0.25, 0.3) is 5.91 Å². The van der Waals surface area contributed by atoms with Crippen LogP contribution in [-0.4, -0.2) is 42.5 Å². The van der Waals surface area contributed by atoms with Crippen molar-refractivity contribution < 1.29 is 9.59 Å². The number of nitrogens with zero attached hydrogens (tertiary/aromatic N) is 2. The molecule has 1 saturated carbocycles. The highest BCUT2D eigenvalue weighted by atomic mass is 16.2. The van der Waals surface area contributed by atoms with E-state index in [2.05, 4.69) is 10.6 Å². The number of hydrogen-bond donors (Lipinski definition) is 2. The van der Waals surface area contributed by atoms with E-state index in [1.54, 1.807) is 0 Å². The monoisotopic (exact) mass is 422 g/mol. The summed E-state index contributed by atoms with van der Waals surface area (Å²) in [6.45, 7) is 8.33. The Labute approximate surface area is 185 Å². The van der Waals surface area contributed by atoms with Crippen LogP contribution in [-0.2, 0) is 6.54 Å². The lowest BCUT2D eigenvalue weighted by Gasteiger charge is -2.27. The third kappa shape index (κ3) is 6.23. The van der Waals surface area contributed by atoms with Crippen LogP contribution in [0.4, 0.5) is 16.2 Å². The van der Waals surface area contributed by atoms with Crippen LogP contribution in [0.1, 0.15) is 55.1 Å². The number of rotatable bonds is 6. The number of aryl methyl sites for hydroxylation is 1. The van der Waals surface area contributed by atoms with Crippen molar-refractivity contribution in [3.63, 3.8) is 0 Å². The van der Waals surface area contributed by atoms with Gasteiger partial charge in [0.15, 0.2) is 0 Å². The van der Waals surface area contributed by atoms with E-state index in [9.17, 15) is 9.59 Å². The number of benzene rings is 2. The van der Waals surface area contributed by atoms with Crippen LogP contribution in [0.25, 0.3) is 0 Å². The van der Waals surface area contributed by atoms with Gasteiger partial charge in [-0.25, -0.2) is 4.79 Å². The van der Waals surface area contributed by atoms with Gasteiger partial charge in [-0.15, -0.1) is 0 Å². The number of anilines is 2. The quantitative estimate of drug-likeness (QED) is 0.704. The average molecular weight is 423 g/mol. The molecule has 0 heterocycles. The standard InChI is InChI=1S/C25H34N4O2/c1-17-8-7-9-18(14-17)23(30)29(21-11-12-21)16-19-15-20(10-13-22(19)28(5)6)26-24(31)27-25(2,3)4/h7-10,13-15,21H,11-12,16H2,1-6H3,(H2,26,27,31). The predicted molar refractivity (Wildman–Crippen MR) is 127 cm³/mol. The van der Waals surface area contributed by atoms with Gasteiger partial charge in [0.1, 0.15) is 0 Å². The molecule has 0 atom stereocenters. The van der Waals surface area contributed by atoms with Crippen molar-refractivity contribution in [1.29, 1.82) is 0 Å². The van der Waals surface area contributed by atoms with Crippen molar-refractivity contribution in [3.8, 4) is 0 Å². The number of nitrogens with one attached hydrogen (secondary N) is 2. The fourth-order valence-corrected chi connectivity index (χ4v) is 3.61. The maximum atomic E-state index is 13.3. The summed E-state index contributed by atoms with van der Waals surface area (Å²) in [7, 11) is 3.98. The highest BCUT2D eigenvalue weighted by Gasteiger charge is 2.33. The predicted octanol–water partition coefficient (Wildman–Crippen LogP) is 4.79. The molecule has 0 radical (unpaired) electrons. The Morgan fingerprint density at radius 1 is 1.06 bits per heavy atom. The van der Waals surface area contributed by atoms with Crippen LogP contribution in [0.15, 0.2) is 42.5 Å². The third-order valence-electron chi connectivity index (χ3n) is 5.16. The van der Waals surface area contributed by atoms with Crippen molar-refractivity contribution in [1.82, 2.24) is 10.2 Å². The second-order valence-corrected chi connectivity index (χ2v) is 9.60. The molecule has 0 bridgehead atoms. The first-order chi connectivity index (χ1) is 14.5. The second kappa shape index (κ2) is 9.00. The molecule has 0 unspecified atom stereocenters. The normalized spacial score (nSPS) is 13.5. The Balaban J connectivity index is 1.86. The van der Waals surface area contributed by atoms with Gasteiger partial charge >= 0.3 is 6.03 Å². The molecule has 0 aromatic heterocycles. The zero-order valence-corrected chi connectivity index (χ0v) is 19.5. The third-order valence-corrected chi connectivity index (χ3v) is 5.16. The van der Waals surface area contributed by atoms with E-state index in [1.807, 2.05) is 94.1 Å². The van der Waals surface area contributed by atoms with E-state index in [-0.39, 0.29) is 23.5 Å². The highest BCUT2D eigenvalue weighted by molar-refractivity contribution is 5.95. The summed E-state index contributed by atoms with van der Waals surface area (Å²) >= 11 is 0. The SMILES string of the molecule is Cc1cccc(C(=O)N(Cc2cc(NC(=O)NC(C)(C)C)ccc2N(C)C)C2CC2)c1. The molecule has 31 heavy (non-hydrogen) atoms. The van der Waals surface area contributed by atoms with Gasteiger partial charge in [-0.3, -0.25) is 4.79 Å². The lowest BCUT2D eigenvalue weighted by Crippen LogP contribution is -2.43. The van der Waals surface area contributed by atoms with Crippen molar-refractivity contribution >= 4 is 23.3 Å². The Bertz CT molecular complexity index is 958. The highest BCUT2D eigenvalue weighted by Crippen LogP contribution is 2.33. The summed E-state index contributed by atoms with van der Waals surface area (Å²) < 4.78 is 0. The average Bonchev–Trinajstić information content (AvgIpc) is 3.49. The Hall–Kier alpha value is -3.02. The Morgan fingerprint density at radius 2 is 1.77 bits per heavy atom. The fourth-order valence-electron chi connectivity index (χ4n) is 3.61. The van der Waals surface area contributed by atoms with Crippen LogP contribution in [0.2, 0.25) is 0 Å². The number of hydrogen-bond acceptors (Lipinski definition) is 3. The summed E-state index contributed by atoms with van der Waals surface area (Å²) in [4.78, 5) is 29.6. The van der Waals surface area contributed by atoms with Crippen molar-refractivity contribution in [3.05, 3.63) is 59.2 Å². The summed E-state index contributed by atoms with van der Waals surface area (Å²) in [5, 5.41) is 5.83.